The average Bonchev–Trinajstić information content (AvgIpc) is 2.85. The molecular formula is C27H30N4O2. The minimum atomic E-state index is -0.706. The topological polar surface area (TPSA) is 73.5 Å². The molecule has 0 saturated heterocycles. The van der Waals surface area contributed by atoms with E-state index in [1.165, 1.54) is 0 Å². The fraction of sp³-hybridized carbons (Fsp3) is 0.259. The number of hydrogen-bond acceptors (Lipinski definition) is 4. The van der Waals surface area contributed by atoms with Gasteiger partial charge in [-0.2, -0.15) is 0 Å². The zero-order chi connectivity index (χ0) is 23.0. The van der Waals surface area contributed by atoms with Crippen molar-refractivity contribution in [3.8, 4) is 0 Å². The number of amides is 2. The van der Waals surface area contributed by atoms with Gasteiger partial charge in [0, 0.05) is 37.5 Å². The van der Waals surface area contributed by atoms with Crippen molar-refractivity contribution >= 4 is 11.8 Å². The van der Waals surface area contributed by atoms with Crippen LogP contribution in [0.3, 0.4) is 0 Å². The summed E-state index contributed by atoms with van der Waals surface area (Å²) in [5, 5.41) is 9.27. The Balaban J connectivity index is 1.53. The van der Waals surface area contributed by atoms with Crippen LogP contribution < -0.4 is 16.0 Å². The van der Waals surface area contributed by atoms with Crippen molar-refractivity contribution in [1.82, 2.24) is 20.9 Å². The first-order valence-electron chi connectivity index (χ1n) is 11.4. The molecule has 0 aromatic heterocycles. The summed E-state index contributed by atoms with van der Waals surface area (Å²) in [6, 6.07) is 16.5. The van der Waals surface area contributed by atoms with Gasteiger partial charge in [-0.1, -0.05) is 60.7 Å². The number of carbonyl (C=O) groups is 2. The van der Waals surface area contributed by atoms with Crippen molar-refractivity contribution in [1.29, 1.82) is 0 Å². The minimum Gasteiger partial charge on any atom is -0.388 e. The van der Waals surface area contributed by atoms with Crippen LogP contribution in [0.25, 0.3) is 0 Å². The summed E-state index contributed by atoms with van der Waals surface area (Å²) in [6.07, 6.45) is 10.3. The lowest BCUT2D eigenvalue weighted by atomic mass is 10.0. The maximum Gasteiger partial charge on any atom is 0.252 e. The summed E-state index contributed by atoms with van der Waals surface area (Å²) < 4.78 is 0. The Morgan fingerprint density at radius 1 is 1.03 bits per heavy atom. The summed E-state index contributed by atoms with van der Waals surface area (Å²) in [6.45, 7) is 3.57. The molecule has 1 aliphatic heterocycles. The molecule has 2 aliphatic rings. The van der Waals surface area contributed by atoms with Gasteiger partial charge >= 0.3 is 0 Å². The van der Waals surface area contributed by atoms with Crippen LogP contribution in [0, 0.1) is 6.92 Å². The lowest BCUT2D eigenvalue weighted by molar-refractivity contribution is -0.122. The third-order valence-electron chi connectivity index (χ3n) is 5.86. The van der Waals surface area contributed by atoms with E-state index in [1.54, 1.807) is 6.07 Å². The highest BCUT2D eigenvalue weighted by Crippen LogP contribution is 2.22. The second kappa shape index (κ2) is 10.7. The third kappa shape index (κ3) is 5.71. The zero-order valence-electron chi connectivity index (χ0n) is 18.9. The van der Waals surface area contributed by atoms with Crippen molar-refractivity contribution in [2.24, 2.45) is 0 Å². The van der Waals surface area contributed by atoms with E-state index in [9.17, 15) is 9.59 Å². The van der Waals surface area contributed by atoms with Gasteiger partial charge in [0.2, 0.25) is 5.91 Å². The van der Waals surface area contributed by atoms with Crippen molar-refractivity contribution in [3.05, 3.63) is 107 Å². The SMILES string of the molecule is Cc1ccccc1C(=O)NC(Cc1ccccc1)C(=O)NC1=CCCC=C1N1C=CNCC1. The summed E-state index contributed by atoms with van der Waals surface area (Å²) in [5.41, 5.74) is 4.23. The molecule has 2 aromatic carbocycles. The van der Waals surface area contributed by atoms with Crippen LogP contribution in [0.5, 0.6) is 0 Å². The molecule has 6 nitrogen and oxygen atoms in total. The Labute approximate surface area is 195 Å². The van der Waals surface area contributed by atoms with Crippen LogP contribution in [-0.4, -0.2) is 35.8 Å². The largest absolute Gasteiger partial charge is 0.388 e. The van der Waals surface area contributed by atoms with Crippen LogP contribution in [0.4, 0.5) is 0 Å². The highest BCUT2D eigenvalue weighted by molar-refractivity contribution is 5.99. The van der Waals surface area contributed by atoms with E-state index >= 15 is 0 Å². The van der Waals surface area contributed by atoms with Crippen molar-refractivity contribution in [3.63, 3.8) is 0 Å². The van der Waals surface area contributed by atoms with Gasteiger partial charge in [-0.3, -0.25) is 9.59 Å². The number of hydrogen-bond donors (Lipinski definition) is 3. The van der Waals surface area contributed by atoms with Crippen molar-refractivity contribution < 1.29 is 9.59 Å². The molecule has 3 N–H and O–H groups in total. The summed E-state index contributed by atoms with van der Waals surface area (Å²) >= 11 is 0. The van der Waals surface area contributed by atoms with Crippen molar-refractivity contribution in [2.75, 3.05) is 13.1 Å². The second-order valence-corrected chi connectivity index (χ2v) is 8.27. The fourth-order valence-corrected chi connectivity index (χ4v) is 4.08. The molecule has 33 heavy (non-hydrogen) atoms. The number of rotatable bonds is 7. The number of nitrogens with zero attached hydrogens (tertiary/aromatic N) is 1. The molecule has 0 bridgehead atoms. The predicted octanol–water partition coefficient (Wildman–Crippen LogP) is 3.39. The minimum absolute atomic E-state index is 0.223. The maximum absolute atomic E-state index is 13.5. The van der Waals surface area contributed by atoms with E-state index in [4.69, 9.17) is 0 Å². The lowest BCUT2D eigenvalue weighted by Crippen LogP contribution is -2.48. The third-order valence-corrected chi connectivity index (χ3v) is 5.86. The van der Waals surface area contributed by atoms with E-state index in [-0.39, 0.29) is 11.8 Å². The second-order valence-electron chi connectivity index (χ2n) is 8.27. The van der Waals surface area contributed by atoms with Gasteiger partial charge in [-0.15, -0.1) is 0 Å². The lowest BCUT2D eigenvalue weighted by Gasteiger charge is -2.31. The Morgan fingerprint density at radius 3 is 2.55 bits per heavy atom. The number of benzene rings is 2. The molecule has 2 aromatic rings. The van der Waals surface area contributed by atoms with Crippen molar-refractivity contribution in [2.45, 2.75) is 32.2 Å². The fourth-order valence-electron chi connectivity index (χ4n) is 4.08. The van der Waals surface area contributed by atoms with Gasteiger partial charge in [0.1, 0.15) is 6.04 Å². The number of carbonyl (C=O) groups excluding carboxylic acids is 2. The van der Waals surface area contributed by atoms with E-state index in [0.29, 0.717) is 12.0 Å². The molecule has 2 amide bonds. The van der Waals surface area contributed by atoms with Crippen LogP contribution >= 0.6 is 0 Å². The number of aryl methyl sites for hydroxylation is 1. The summed E-state index contributed by atoms with van der Waals surface area (Å²) in [4.78, 5) is 28.6. The Hall–Kier alpha value is -3.80. The molecule has 0 saturated carbocycles. The first-order valence-corrected chi connectivity index (χ1v) is 11.4. The van der Waals surface area contributed by atoms with E-state index in [1.807, 2.05) is 67.9 Å². The van der Waals surface area contributed by atoms with Gasteiger partial charge in [0.15, 0.2) is 0 Å². The molecule has 0 radical (unpaired) electrons. The quantitative estimate of drug-likeness (QED) is 0.615. The molecule has 1 unspecified atom stereocenters. The molecule has 170 valence electrons. The van der Waals surface area contributed by atoms with Crippen LogP contribution in [-0.2, 0) is 11.2 Å². The summed E-state index contributed by atoms with van der Waals surface area (Å²) in [7, 11) is 0. The number of nitrogens with one attached hydrogen (secondary N) is 3. The first-order chi connectivity index (χ1) is 16.1. The smallest absolute Gasteiger partial charge is 0.252 e. The van der Waals surface area contributed by atoms with Crippen LogP contribution in [0.15, 0.2) is 90.5 Å². The molecule has 0 spiro atoms. The molecule has 6 heteroatoms. The van der Waals surface area contributed by atoms with E-state index < -0.39 is 6.04 Å². The first kappa shape index (κ1) is 22.4. The maximum atomic E-state index is 13.5. The monoisotopic (exact) mass is 442 g/mol. The molecule has 1 atom stereocenters. The van der Waals surface area contributed by atoms with Crippen LogP contribution in [0.1, 0.15) is 34.3 Å². The Morgan fingerprint density at radius 2 is 1.79 bits per heavy atom. The summed E-state index contributed by atoms with van der Waals surface area (Å²) in [5.74, 6) is -0.471. The van der Waals surface area contributed by atoms with Gasteiger partial charge in [-0.25, -0.2) is 0 Å². The van der Waals surface area contributed by atoms with Gasteiger partial charge < -0.3 is 20.9 Å². The molecule has 1 aliphatic carbocycles. The van der Waals surface area contributed by atoms with E-state index in [2.05, 4.69) is 33.0 Å². The van der Waals surface area contributed by atoms with Gasteiger partial charge in [-0.05, 0) is 37.0 Å². The molecular weight excluding hydrogens is 412 g/mol. The van der Waals surface area contributed by atoms with Gasteiger partial charge in [0.25, 0.3) is 5.91 Å². The highest BCUT2D eigenvalue weighted by atomic mass is 16.2. The average molecular weight is 443 g/mol. The van der Waals surface area contributed by atoms with Crippen LogP contribution in [0.2, 0.25) is 0 Å². The zero-order valence-corrected chi connectivity index (χ0v) is 18.9. The Bertz CT molecular complexity index is 1090. The predicted molar refractivity (Wildman–Crippen MR) is 130 cm³/mol. The standard InChI is InChI=1S/C27H30N4O2/c1-20-9-5-6-12-22(20)26(32)30-24(19-21-10-3-2-4-11-21)27(33)29-23-13-7-8-14-25(23)31-17-15-28-16-18-31/h2-6,9-15,17,24,28H,7-8,16,18-19H2,1H3,(H,29,33)(H,30,32). The van der Waals surface area contributed by atoms with E-state index in [0.717, 1.165) is 48.5 Å². The Kier molecular flexibility index (Phi) is 7.25. The molecule has 4 rings (SSSR count). The molecule has 0 fully saturated rings. The highest BCUT2D eigenvalue weighted by Gasteiger charge is 2.25. The molecule has 1 heterocycles. The number of allylic oxidation sites excluding steroid dienone is 2. The van der Waals surface area contributed by atoms with Gasteiger partial charge in [0.05, 0.1) is 11.4 Å². The normalized spacial score (nSPS) is 16.2.